The van der Waals surface area contributed by atoms with Crippen LogP contribution >= 0.6 is 0 Å². The van der Waals surface area contributed by atoms with E-state index in [-0.39, 0.29) is 0 Å². The third-order valence-electron chi connectivity index (χ3n) is 17.0. The van der Waals surface area contributed by atoms with Gasteiger partial charge in [-0.3, -0.25) is 0 Å². The standard InChI is InChI=1S/C66H34/c1-31-27-33-29-55-51-21-19-47-43-13-11-39-41-15-17-45-49-23-25-53-64-37-9-5-3-7-35(37)36-8-4-6-10-38(36)65(64)54-26-24-50(62(49)66(53)54)46-18-16-42(58(41)60(45)46)40-12-14-44(59(43)57(39)40)48-20-22-52(63(51)61(47)48)56(55)30-34(33)28-32(31)2/h3-30H,1-2H3. The molecule has 0 spiro atoms. The molecule has 2 aliphatic carbocycles. The van der Waals surface area contributed by atoms with Crippen molar-refractivity contribution in [2.75, 3.05) is 0 Å². The highest BCUT2D eigenvalue weighted by atomic mass is 14.3. The predicted molar refractivity (Wildman–Crippen MR) is 286 cm³/mol. The van der Waals surface area contributed by atoms with Crippen molar-refractivity contribution in [3.05, 3.63) is 181 Å². The van der Waals surface area contributed by atoms with Gasteiger partial charge in [-0.25, -0.2) is 0 Å². The van der Waals surface area contributed by atoms with Crippen LogP contribution < -0.4 is 0 Å². The molecule has 0 nitrogen and oxygen atoms in total. The fourth-order valence-corrected chi connectivity index (χ4v) is 14.3. The summed E-state index contributed by atoms with van der Waals surface area (Å²) in [6, 6.07) is 66.6. The van der Waals surface area contributed by atoms with Crippen LogP contribution in [-0.4, -0.2) is 0 Å². The minimum Gasteiger partial charge on any atom is -0.0616 e. The Morgan fingerprint density at radius 1 is 0.197 bits per heavy atom. The maximum absolute atomic E-state index is 2.45. The first-order valence-corrected chi connectivity index (χ1v) is 23.5. The summed E-state index contributed by atoms with van der Waals surface area (Å²) in [6.45, 7) is 4.46. The van der Waals surface area contributed by atoms with E-state index in [1.807, 2.05) is 0 Å². The molecule has 16 aromatic carbocycles. The number of aryl methyl sites for hydroxylation is 2. The molecule has 2 aliphatic rings. The van der Waals surface area contributed by atoms with Gasteiger partial charge in [0.25, 0.3) is 0 Å². The summed E-state index contributed by atoms with van der Waals surface area (Å²) in [4.78, 5) is 0. The van der Waals surface area contributed by atoms with Gasteiger partial charge < -0.3 is 0 Å². The van der Waals surface area contributed by atoms with Gasteiger partial charge in [0.15, 0.2) is 0 Å². The van der Waals surface area contributed by atoms with Crippen LogP contribution in [0.3, 0.4) is 0 Å². The molecule has 0 aliphatic heterocycles. The van der Waals surface area contributed by atoms with Crippen LogP contribution in [0.5, 0.6) is 0 Å². The second-order valence-corrected chi connectivity index (χ2v) is 19.8. The third-order valence-corrected chi connectivity index (χ3v) is 17.0. The van der Waals surface area contributed by atoms with E-state index in [0.717, 1.165) is 0 Å². The SMILES string of the molecule is Cc1cc2cc3c(cc2cc1C)-c1ccc2c4ccc5c6ccc7c8ccc9c%10c(ccc(c%11ccc(c%12ccc(c%13ccc-3c1c%132)c4c%125)c6c%117)c%108)-c1c-9c2ccccc2c2ccccc12. The van der Waals surface area contributed by atoms with E-state index in [2.05, 4.69) is 184 Å². The van der Waals surface area contributed by atoms with Crippen LogP contribution in [0, 0.1) is 13.8 Å². The first kappa shape index (κ1) is 33.2. The van der Waals surface area contributed by atoms with Crippen molar-refractivity contribution in [2.24, 2.45) is 0 Å². The molecule has 16 aromatic rings. The van der Waals surface area contributed by atoms with Crippen LogP contribution in [-0.2, 0) is 0 Å². The Kier molecular flexibility index (Phi) is 5.43. The molecule has 0 bridgehead atoms. The van der Waals surface area contributed by atoms with E-state index >= 15 is 0 Å². The predicted octanol–water partition coefficient (Wildman–Crippen LogP) is 18.9. The smallest absolute Gasteiger partial charge is 0.00134 e. The van der Waals surface area contributed by atoms with Gasteiger partial charge in [0.1, 0.15) is 0 Å². The van der Waals surface area contributed by atoms with Crippen molar-refractivity contribution < 1.29 is 0 Å². The van der Waals surface area contributed by atoms with Gasteiger partial charge in [-0.2, -0.15) is 0 Å². The highest BCUT2D eigenvalue weighted by molar-refractivity contribution is 6.48. The van der Waals surface area contributed by atoms with Crippen molar-refractivity contribution in [3.8, 4) is 44.5 Å². The molecule has 0 fully saturated rings. The summed E-state index contributed by atoms with van der Waals surface area (Å²) in [6.07, 6.45) is 0. The average molecular weight is 827 g/mol. The Morgan fingerprint density at radius 2 is 0.455 bits per heavy atom. The maximum Gasteiger partial charge on any atom is -0.00134 e. The van der Waals surface area contributed by atoms with Gasteiger partial charge in [-0.1, -0.05) is 158 Å². The third kappa shape index (κ3) is 3.51. The van der Waals surface area contributed by atoms with Crippen LogP contribution in [0.15, 0.2) is 170 Å². The fourth-order valence-electron chi connectivity index (χ4n) is 14.3. The second kappa shape index (κ2) is 10.8. The lowest BCUT2D eigenvalue weighted by atomic mass is 9.81. The van der Waals surface area contributed by atoms with E-state index in [1.165, 1.54) is 196 Å². The second-order valence-electron chi connectivity index (χ2n) is 19.8. The van der Waals surface area contributed by atoms with E-state index in [0.29, 0.717) is 0 Å². The highest BCUT2D eigenvalue weighted by Crippen LogP contribution is 2.59. The van der Waals surface area contributed by atoms with E-state index in [1.54, 1.807) is 0 Å². The van der Waals surface area contributed by atoms with Gasteiger partial charge in [0, 0.05) is 0 Å². The van der Waals surface area contributed by atoms with Gasteiger partial charge in [-0.05, 0) is 222 Å². The normalized spacial score (nSPS) is 13.3. The van der Waals surface area contributed by atoms with Crippen LogP contribution in [0.25, 0.3) is 185 Å². The summed E-state index contributed by atoms with van der Waals surface area (Å²) < 4.78 is 0. The molecule has 0 saturated heterocycles. The van der Waals surface area contributed by atoms with Crippen molar-refractivity contribution in [3.63, 3.8) is 0 Å². The lowest BCUT2D eigenvalue weighted by molar-refractivity contribution is 1.37. The molecule has 18 rings (SSSR count). The lowest BCUT2D eigenvalue weighted by Gasteiger charge is -2.22. The average Bonchev–Trinajstić information content (AvgIpc) is 3.87. The quantitative estimate of drug-likeness (QED) is 0.106. The molecular weight excluding hydrogens is 793 g/mol. The molecule has 0 heteroatoms. The van der Waals surface area contributed by atoms with Crippen LogP contribution in [0.1, 0.15) is 11.1 Å². The van der Waals surface area contributed by atoms with Crippen LogP contribution in [0.4, 0.5) is 0 Å². The van der Waals surface area contributed by atoms with Gasteiger partial charge in [0.05, 0.1) is 0 Å². The minimum absolute atomic E-state index is 1.32. The summed E-state index contributed by atoms with van der Waals surface area (Å²) in [5, 5.41) is 35.3. The molecular formula is C66H34. The molecule has 0 amide bonds. The molecule has 298 valence electrons. The topological polar surface area (TPSA) is 0 Å². The largest absolute Gasteiger partial charge is 0.0616 e. The zero-order chi connectivity index (χ0) is 42.6. The summed E-state index contributed by atoms with van der Waals surface area (Å²) in [7, 11) is 0. The van der Waals surface area contributed by atoms with Crippen LogP contribution in [0.2, 0.25) is 0 Å². The number of fused-ring (bicyclic) bond motifs is 18. The van der Waals surface area contributed by atoms with E-state index in [9.17, 15) is 0 Å². The van der Waals surface area contributed by atoms with E-state index in [4.69, 9.17) is 0 Å². The molecule has 0 unspecified atom stereocenters. The first-order chi connectivity index (χ1) is 32.6. The van der Waals surface area contributed by atoms with Gasteiger partial charge >= 0.3 is 0 Å². The minimum atomic E-state index is 1.32. The monoisotopic (exact) mass is 826 g/mol. The van der Waals surface area contributed by atoms with Crippen molar-refractivity contribution in [1.29, 1.82) is 0 Å². The Balaban J connectivity index is 0.923. The Morgan fingerprint density at radius 3 is 0.788 bits per heavy atom. The molecule has 66 heavy (non-hydrogen) atoms. The lowest BCUT2D eigenvalue weighted by Crippen LogP contribution is -1.93. The molecule has 0 heterocycles. The number of rotatable bonds is 0. The van der Waals surface area contributed by atoms with E-state index < -0.39 is 0 Å². The summed E-state index contributed by atoms with van der Waals surface area (Å²) in [5.41, 5.74) is 13.6. The summed E-state index contributed by atoms with van der Waals surface area (Å²) in [5.74, 6) is 0. The van der Waals surface area contributed by atoms with Crippen molar-refractivity contribution in [1.82, 2.24) is 0 Å². The Bertz CT molecular complexity index is 4740. The first-order valence-electron chi connectivity index (χ1n) is 23.5. The zero-order valence-corrected chi connectivity index (χ0v) is 36.2. The number of benzene rings is 16. The molecule has 0 radical (unpaired) electrons. The molecule has 0 N–H and O–H groups in total. The number of hydrogen-bond acceptors (Lipinski definition) is 0. The van der Waals surface area contributed by atoms with Crippen molar-refractivity contribution in [2.45, 2.75) is 13.8 Å². The number of hydrogen-bond donors (Lipinski definition) is 0. The maximum atomic E-state index is 2.45. The molecule has 0 saturated carbocycles. The Labute approximate surface area is 377 Å². The fraction of sp³-hybridized carbons (Fsp3) is 0.0303. The zero-order valence-electron chi connectivity index (χ0n) is 36.2. The molecule has 0 aromatic heterocycles. The molecule has 0 atom stereocenters. The highest BCUT2D eigenvalue weighted by Gasteiger charge is 2.31. The summed E-state index contributed by atoms with van der Waals surface area (Å²) >= 11 is 0. The van der Waals surface area contributed by atoms with Gasteiger partial charge in [-0.15, -0.1) is 0 Å². The van der Waals surface area contributed by atoms with Crippen molar-refractivity contribution >= 4 is 140 Å². The Hall–Kier alpha value is -8.32. The van der Waals surface area contributed by atoms with Gasteiger partial charge in [0.2, 0.25) is 0 Å².